The number of benzene rings is 1. The third-order valence-corrected chi connectivity index (χ3v) is 4.64. The molecular formula is C17H25BrN2O2. The number of amides is 1. The van der Waals surface area contributed by atoms with E-state index in [1.807, 2.05) is 36.1 Å². The Bertz CT molecular complexity index is 489. The summed E-state index contributed by atoms with van der Waals surface area (Å²) in [5.41, 5.74) is 0. The molecule has 0 spiro atoms. The van der Waals surface area contributed by atoms with E-state index in [0.717, 1.165) is 43.4 Å². The van der Waals surface area contributed by atoms with Gasteiger partial charge in [-0.1, -0.05) is 19.1 Å². The Balaban J connectivity index is 2.03. The molecule has 4 nitrogen and oxygen atoms in total. The van der Waals surface area contributed by atoms with Crippen LogP contribution < -0.4 is 10.1 Å². The van der Waals surface area contributed by atoms with Crippen molar-refractivity contribution in [1.29, 1.82) is 0 Å². The van der Waals surface area contributed by atoms with Gasteiger partial charge in [0.25, 0.3) is 5.91 Å². The van der Waals surface area contributed by atoms with Gasteiger partial charge in [-0.25, -0.2) is 0 Å². The zero-order valence-electron chi connectivity index (χ0n) is 13.3. The number of rotatable bonds is 6. The summed E-state index contributed by atoms with van der Waals surface area (Å²) in [7, 11) is 0. The molecule has 122 valence electrons. The number of carbonyl (C=O) groups is 1. The van der Waals surface area contributed by atoms with Crippen molar-refractivity contribution < 1.29 is 9.53 Å². The zero-order chi connectivity index (χ0) is 15.9. The number of ether oxygens (including phenoxy) is 1. The van der Waals surface area contributed by atoms with E-state index in [4.69, 9.17) is 4.74 Å². The summed E-state index contributed by atoms with van der Waals surface area (Å²) >= 11 is 3.46. The molecule has 1 atom stereocenters. The molecule has 1 fully saturated rings. The van der Waals surface area contributed by atoms with Crippen molar-refractivity contribution >= 4 is 21.8 Å². The third kappa shape index (κ3) is 4.46. The molecule has 1 N–H and O–H groups in total. The lowest BCUT2D eigenvalue weighted by molar-refractivity contribution is -0.141. The maximum atomic E-state index is 12.8. The topological polar surface area (TPSA) is 41.6 Å². The van der Waals surface area contributed by atoms with E-state index in [9.17, 15) is 4.79 Å². The van der Waals surface area contributed by atoms with Crippen LogP contribution in [0.2, 0.25) is 0 Å². The highest BCUT2D eigenvalue weighted by atomic mass is 79.9. The first kappa shape index (κ1) is 17.3. The normalized spacial score (nSPS) is 17.0. The molecule has 22 heavy (non-hydrogen) atoms. The first-order valence-corrected chi connectivity index (χ1v) is 8.85. The highest BCUT2D eigenvalue weighted by Crippen LogP contribution is 2.25. The highest BCUT2D eigenvalue weighted by molar-refractivity contribution is 9.10. The molecule has 1 aliphatic heterocycles. The van der Waals surface area contributed by atoms with Crippen molar-refractivity contribution in [3.05, 3.63) is 28.7 Å². The van der Waals surface area contributed by atoms with E-state index in [2.05, 4.69) is 28.2 Å². The number of halogens is 1. The monoisotopic (exact) mass is 368 g/mol. The minimum Gasteiger partial charge on any atom is -0.480 e. The fourth-order valence-electron chi connectivity index (χ4n) is 2.85. The van der Waals surface area contributed by atoms with E-state index in [0.29, 0.717) is 11.8 Å². The van der Waals surface area contributed by atoms with Crippen LogP contribution in [0.4, 0.5) is 0 Å². The number of nitrogens with one attached hydrogen (secondary N) is 1. The predicted molar refractivity (Wildman–Crippen MR) is 92.1 cm³/mol. The average molecular weight is 369 g/mol. The number of hydrogen-bond donors (Lipinski definition) is 1. The Morgan fingerprint density at radius 3 is 2.73 bits per heavy atom. The van der Waals surface area contributed by atoms with Crippen molar-refractivity contribution in [2.75, 3.05) is 19.6 Å². The molecule has 2 rings (SSSR count). The fraction of sp³-hybridized carbons (Fsp3) is 0.588. The van der Waals surface area contributed by atoms with Crippen molar-refractivity contribution in [2.24, 2.45) is 0 Å². The summed E-state index contributed by atoms with van der Waals surface area (Å²) in [6.45, 7) is 6.72. The minimum absolute atomic E-state index is 0.0875. The summed E-state index contributed by atoms with van der Waals surface area (Å²) < 4.78 is 6.74. The van der Waals surface area contributed by atoms with Crippen LogP contribution in [-0.4, -0.2) is 42.6 Å². The number of nitrogens with zero attached hydrogens (tertiary/aromatic N) is 1. The number of hydrogen-bond acceptors (Lipinski definition) is 3. The van der Waals surface area contributed by atoms with Crippen LogP contribution >= 0.6 is 15.9 Å². The lowest BCUT2D eigenvalue weighted by Gasteiger charge is -2.36. The van der Waals surface area contributed by atoms with Gasteiger partial charge in [0.1, 0.15) is 5.75 Å². The Morgan fingerprint density at radius 1 is 1.41 bits per heavy atom. The van der Waals surface area contributed by atoms with Crippen LogP contribution in [0.5, 0.6) is 5.75 Å². The fourth-order valence-corrected chi connectivity index (χ4v) is 3.22. The van der Waals surface area contributed by atoms with E-state index in [1.54, 1.807) is 0 Å². The van der Waals surface area contributed by atoms with Crippen molar-refractivity contribution in [2.45, 2.75) is 45.3 Å². The number of para-hydroxylation sites is 1. The average Bonchev–Trinajstić information content (AvgIpc) is 2.55. The highest BCUT2D eigenvalue weighted by Gasteiger charge is 2.29. The van der Waals surface area contributed by atoms with Gasteiger partial charge >= 0.3 is 0 Å². The maximum absolute atomic E-state index is 12.8. The van der Waals surface area contributed by atoms with Gasteiger partial charge in [-0.3, -0.25) is 4.79 Å². The van der Waals surface area contributed by atoms with Gasteiger partial charge < -0.3 is 15.0 Å². The molecule has 0 bridgehead atoms. The molecular weight excluding hydrogens is 344 g/mol. The van der Waals surface area contributed by atoms with Crippen molar-refractivity contribution in [1.82, 2.24) is 10.2 Å². The van der Waals surface area contributed by atoms with Crippen molar-refractivity contribution in [3.8, 4) is 5.75 Å². The first-order valence-electron chi connectivity index (χ1n) is 8.06. The van der Waals surface area contributed by atoms with Gasteiger partial charge in [-0.05, 0) is 67.3 Å². The van der Waals surface area contributed by atoms with Crippen LogP contribution in [0.3, 0.4) is 0 Å². The summed E-state index contributed by atoms with van der Waals surface area (Å²) in [5.74, 6) is 0.801. The molecule has 1 heterocycles. The number of piperidine rings is 1. The summed E-state index contributed by atoms with van der Waals surface area (Å²) in [6.07, 6.45) is 2.54. The summed E-state index contributed by atoms with van der Waals surface area (Å²) in [5, 5.41) is 3.35. The van der Waals surface area contributed by atoms with Crippen LogP contribution in [0.15, 0.2) is 28.7 Å². The van der Waals surface area contributed by atoms with Crippen molar-refractivity contribution in [3.63, 3.8) is 0 Å². The molecule has 5 heteroatoms. The Kier molecular flexibility index (Phi) is 6.70. The second-order valence-corrected chi connectivity index (χ2v) is 6.56. The number of carbonyl (C=O) groups excluding carboxylic acids is 1. The first-order chi connectivity index (χ1) is 10.6. The molecule has 1 aliphatic rings. The van der Waals surface area contributed by atoms with Crippen LogP contribution in [0.1, 0.15) is 33.1 Å². The largest absolute Gasteiger partial charge is 0.480 e. The standard InChI is InChI=1S/C17H25BrN2O2/c1-3-12-20(14-8-10-19-11-9-14)17(21)13(2)22-16-7-5-4-6-15(16)18/h4-7,13-14,19H,3,8-12H2,1-2H3. The maximum Gasteiger partial charge on any atom is 0.263 e. The van der Waals surface area contributed by atoms with Gasteiger partial charge in [0.05, 0.1) is 4.47 Å². The van der Waals surface area contributed by atoms with E-state index >= 15 is 0 Å². The van der Waals surface area contributed by atoms with E-state index in [1.165, 1.54) is 0 Å². The molecule has 0 saturated carbocycles. The smallest absolute Gasteiger partial charge is 0.263 e. The second-order valence-electron chi connectivity index (χ2n) is 5.70. The van der Waals surface area contributed by atoms with Gasteiger partial charge in [0.15, 0.2) is 6.10 Å². The third-order valence-electron chi connectivity index (χ3n) is 3.99. The van der Waals surface area contributed by atoms with Crippen LogP contribution in [-0.2, 0) is 4.79 Å². The lowest BCUT2D eigenvalue weighted by Crippen LogP contribution is -2.50. The molecule has 1 unspecified atom stereocenters. The molecule has 1 amide bonds. The quantitative estimate of drug-likeness (QED) is 0.837. The molecule has 0 aliphatic carbocycles. The molecule has 1 aromatic carbocycles. The molecule has 0 aromatic heterocycles. The summed E-state index contributed by atoms with van der Waals surface area (Å²) in [4.78, 5) is 14.8. The lowest BCUT2D eigenvalue weighted by atomic mass is 10.0. The van der Waals surface area contributed by atoms with Gasteiger partial charge in [-0.15, -0.1) is 0 Å². The molecule has 1 saturated heterocycles. The Labute approximate surface area is 141 Å². The molecule has 0 radical (unpaired) electrons. The van der Waals surface area contributed by atoms with Gasteiger partial charge in [0.2, 0.25) is 0 Å². The Hall–Kier alpha value is -1.07. The summed E-state index contributed by atoms with van der Waals surface area (Å²) in [6, 6.07) is 7.97. The van der Waals surface area contributed by atoms with Crippen LogP contribution in [0.25, 0.3) is 0 Å². The Morgan fingerprint density at radius 2 is 2.09 bits per heavy atom. The van der Waals surface area contributed by atoms with Gasteiger partial charge in [0, 0.05) is 12.6 Å². The van der Waals surface area contributed by atoms with E-state index < -0.39 is 6.10 Å². The van der Waals surface area contributed by atoms with Gasteiger partial charge in [-0.2, -0.15) is 0 Å². The SMILES string of the molecule is CCCN(C(=O)C(C)Oc1ccccc1Br)C1CCNCC1. The van der Waals surface area contributed by atoms with E-state index in [-0.39, 0.29) is 5.91 Å². The van der Waals surface area contributed by atoms with Crippen LogP contribution in [0, 0.1) is 0 Å². The zero-order valence-corrected chi connectivity index (χ0v) is 14.9. The predicted octanol–water partition coefficient (Wildman–Crippen LogP) is 3.21. The minimum atomic E-state index is -0.472. The molecule has 1 aromatic rings. The second kappa shape index (κ2) is 8.53.